The number of amides is 1. The lowest BCUT2D eigenvalue weighted by atomic mass is 10.1. The topological polar surface area (TPSA) is 67.5 Å². The minimum atomic E-state index is -0.724. The molecule has 1 atom stereocenters. The van der Waals surface area contributed by atoms with Gasteiger partial charge in [0.25, 0.3) is 0 Å². The van der Waals surface area contributed by atoms with Crippen LogP contribution in [0.1, 0.15) is 34.1 Å². The highest BCUT2D eigenvalue weighted by molar-refractivity contribution is 8.14. The maximum Gasteiger partial charge on any atom is 0.242 e. The van der Waals surface area contributed by atoms with Gasteiger partial charge in [-0.3, -0.25) is 9.79 Å². The molecule has 5 heteroatoms. The molecule has 1 amide bonds. The molecule has 3 N–H and O–H groups in total. The molecule has 0 aromatic rings. The molecule has 0 saturated heterocycles. The average molecular weight is 243 g/mol. The number of nitrogens with one attached hydrogen (secondary N) is 1. The van der Waals surface area contributed by atoms with Crippen LogP contribution < -0.4 is 11.1 Å². The van der Waals surface area contributed by atoms with E-state index in [0.717, 1.165) is 18.1 Å². The van der Waals surface area contributed by atoms with Crippen LogP contribution >= 0.6 is 11.8 Å². The van der Waals surface area contributed by atoms with Crippen molar-refractivity contribution in [2.24, 2.45) is 16.6 Å². The van der Waals surface area contributed by atoms with Crippen LogP contribution in [0.5, 0.6) is 0 Å². The van der Waals surface area contributed by atoms with Gasteiger partial charge in [-0.25, -0.2) is 0 Å². The number of carbonyl (C=O) groups is 1. The van der Waals surface area contributed by atoms with Crippen molar-refractivity contribution in [1.29, 1.82) is 0 Å². The van der Waals surface area contributed by atoms with Crippen LogP contribution in [0.2, 0.25) is 0 Å². The van der Waals surface area contributed by atoms with E-state index in [1.807, 2.05) is 0 Å². The molecule has 0 radical (unpaired) electrons. The minimum absolute atomic E-state index is 0.358. The van der Waals surface area contributed by atoms with Crippen LogP contribution in [0, 0.1) is 5.92 Å². The first kappa shape index (κ1) is 13.4. The molecule has 1 heterocycles. The minimum Gasteiger partial charge on any atom is -0.368 e. The van der Waals surface area contributed by atoms with Crippen molar-refractivity contribution in [1.82, 2.24) is 5.32 Å². The number of amidine groups is 1. The number of hydrogen-bond acceptors (Lipinski definition) is 4. The van der Waals surface area contributed by atoms with Gasteiger partial charge in [-0.05, 0) is 26.2 Å². The predicted octanol–water partition coefficient (Wildman–Crippen LogP) is 1.36. The summed E-state index contributed by atoms with van der Waals surface area (Å²) in [5.74, 6) is 0.319. The van der Waals surface area contributed by atoms with Crippen molar-refractivity contribution in [2.45, 2.75) is 44.9 Å². The summed E-state index contributed by atoms with van der Waals surface area (Å²) in [5.41, 5.74) is 4.57. The molecule has 1 rings (SSSR count). The normalized spacial score (nSPS) is 21.1. The van der Waals surface area contributed by atoms with E-state index in [1.165, 1.54) is 0 Å². The highest BCUT2D eigenvalue weighted by atomic mass is 32.2. The second-order valence-corrected chi connectivity index (χ2v) is 6.42. The first-order valence-corrected chi connectivity index (χ1v) is 6.48. The molecule has 1 aliphatic rings. The van der Waals surface area contributed by atoms with Gasteiger partial charge < -0.3 is 11.1 Å². The molecule has 0 spiro atoms. The first-order chi connectivity index (χ1) is 7.31. The third-order valence-electron chi connectivity index (χ3n) is 2.49. The van der Waals surface area contributed by atoms with Crippen LogP contribution in [-0.4, -0.2) is 28.4 Å². The van der Waals surface area contributed by atoms with Gasteiger partial charge in [0, 0.05) is 5.25 Å². The van der Waals surface area contributed by atoms with Gasteiger partial charge >= 0.3 is 0 Å². The van der Waals surface area contributed by atoms with E-state index in [2.05, 4.69) is 24.2 Å². The van der Waals surface area contributed by atoms with E-state index in [-0.39, 0.29) is 5.91 Å². The van der Waals surface area contributed by atoms with Gasteiger partial charge in [0.1, 0.15) is 5.54 Å². The number of rotatable bonds is 4. The van der Waals surface area contributed by atoms with Crippen molar-refractivity contribution in [3.8, 4) is 0 Å². The molecular weight excluding hydrogens is 222 g/mol. The predicted molar refractivity (Wildman–Crippen MR) is 69.5 cm³/mol. The van der Waals surface area contributed by atoms with Crippen LogP contribution in [0.3, 0.4) is 0 Å². The van der Waals surface area contributed by atoms with Crippen LogP contribution in [0.4, 0.5) is 0 Å². The van der Waals surface area contributed by atoms with Gasteiger partial charge in [-0.1, -0.05) is 25.6 Å². The Balaban J connectivity index is 2.45. The largest absolute Gasteiger partial charge is 0.368 e. The number of aliphatic imine (C=N–C) groups is 1. The Kier molecular flexibility index (Phi) is 4.24. The van der Waals surface area contributed by atoms with Gasteiger partial charge in [0.05, 0.1) is 6.54 Å². The maximum absolute atomic E-state index is 11.2. The zero-order valence-electron chi connectivity index (χ0n) is 10.4. The third-order valence-corrected chi connectivity index (χ3v) is 3.62. The summed E-state index contributed by atoms with van der Waals surface area (Å²) >= 11 is 1.71. The lowest BCUT2D eigenvalue weighted by Crippen LogP contribution is -2.52. The lowest BCUT2D eigenvalue weighted by molar-refractivity contribution is -0.122. The van der Waals surface area contributed by atoms with Gasteiger partial charge in [-0.2, -0.15) is 0 Å². The summed E-state index contributed by atoms with van der Waals surface area (Å²) in [6.07, 6.45) is 1.15. The Labute approximate surface area is 101 Å². The molecule has 1 unspecified atom stereocenters. The van der Waals surface area contributed by atoms with Crippen molar-refractivity contribution in [3.05, 3.63) is 0 Å². The number of primary amides is 1. The summed E-state index contributed by atoms with van der Waals surface area (Å²) in [5, 5.41) is 4.47. The summed E-state index contributed by atoms with van der Waals surface area (Å²) in [6, 6.07) is 0. The van der Waals surface area contributed by atoms with Crippen molar-refractivity contribution in [2.75, 3.05) is 6.54 Å². The Bertz CT molecular complexity index is 300. The molecule has 0 fully saturated rings. The number of carbonyl (C=O) groups excluding carboxylic acids is 1. The van der Waals surface area contributed by atoms with Crippen LogP contribution in [0.25, 0.3) is 0 Å². The highest BCUT2D eigenvalue weighted by Gasteiger charge is 2.29. The van der Waals surface area contributed by atoms with E-state index < -0.39 is 5.54 Å². The van der Waals surface area contributed by atoms with E-state index in [9.17, 15) is 4.79 Å². The summed E-state index contributed by atoms with van der Waals surface area (Å²) in [4.78, 5) is 15.6. The molecular formula is C11H21N3OS. The molecule has 0 saturated carbocycles. The quantitative estimate of drug-likeness (QED) is 0.783. The first-order valence-electron chi connectivity index (χ1n) is 5.60. The fourth-order valence-corrected chi connectivity index (χ4v) is 2.87. The van der Waals surface area contributed by atoms with Gasteiger partial charge in [0.15, 0.2) is 5.17 Å². The van der Waals surface area contributed by atoms with E-state index in [1.54, 1.807) is 25.6 Å². The standard InChI is InChI=1S/C11H21N3OS/c1-7(2)5-8-6-13-10(16-8)14-11(3,4)9(12)15/h7-8H,5-6H2,1-4H3,(H2,12,15)(H,13,14). The van der Waals surface area contributed by atoms with E-state index in [4.69, 9.17) is 5.73 Å². The van der Waals surface area contributed by atoms with E-state index >= 15 is 0 Å². The van der Waals surface area contributed by atoms with Crippen molar-refractivity contribution >= 4 is 22.8 Å². The monoisotopic (exact) mass is 243 g/mol. The van der Waals surface area contributed by atoms with Crippen molar-refractivity contribution < 1.29 is 4.79 Å². The van der Waals surface area contributed by atoms with Crippen molar-refractivity contribution in [3.63, 3.8) is 0 Å². The summed E-state index contributed by atoms with van der Waals surface area (Å²) in [7, 11) is 0. The molecule has 0 bridgehead atoms. The third kappa shape index (κ3) is 3.70. The smallest absolute Gasteiger partial charge is 0.242 e. The van der Waals surface area contributed by atoms with Crippen LogP contribution in [0.15, 0.2) is 4.99 Å². The second-order valence-electron chi connectivity index (χ2n) is 5.13. The number of hydrogen-bond donors (Lipinski definition) is 2. The molecule has 0 aromatic heterocycles. The molecule has 1 aliphatic heterocycles. The zero-order valence-corrected chi connectivity index (χ0v) is 11.2. The molecule has 0 aromatic carbocycles. The maximum atomic E-state index is 11.2. The summed E-state index contributed by atoms with van der Waals surface area (Å²) in [6.45, 7) is 8.79. The Hall–Kier alpha value is -0.710. The summed E-state index contributed by atoms with van der Waals surface area (Å²) < 4.78 is 0. The Morgan fingerprint density at radius 1 is 1.69 bits per heavy atom. The molecule has 16 heavy (non-hydrogen) atoms. The van der Waals surface area contributed by atoms with Crippen LogP contribution in [-0.2, 0) is 4.79 Å². The fourth-order valence-electron chi connectivity index (χ4n) is 1.46. The highest BCUT2D eigenvalue weighted by Crippen LogP contribution is 2.26. The van der Waals surface area contributed by atoms with Gasteiger partial charge in [0.2, 0.25) is 5.91 Å². The number of thioether (sulfide) groups is 1. The zero-order chi connectivity index (χ0) is 12.3. The Morgan fingerprint density at radius 2 is 2.31 bits per heavy atom. The molecule has 92 valence electrons. The number of nitrogens with two attached hydrogens (primary N) is 1. The molecule has 4 nitrogen and oxygen atoms in total. The van der Waals surface area contributed by atoms with E-state index in [0.29, 0.717) is 11.2 Å². The molecule has 0 aliphatic carbocycles. The fraction of sp³-hybridized carbons (Fsp3) is 0.818. The second kappa shape index (κ2) is 5.08. The lowest BCUT2D eigenvalue weighted by Gasteiger charge is -2.23. The average Bonchev–Trinajstić information content (AvgIpc) is 2.50. The van der Waals surface area contributed by atoms with Gasteiger partial charge in [-0.15, -0.1) is 0 Å². The Morgan fingerprint density at radius 3 is 2.81 bits per heavy atom. The number of nitrogens with zero attached hydrogens (tertiary/aromatic N) is 1. The SMILES string of the molecule is CC(C)CC1CN=C(NC(C)(C)C(N)=O)S1.